The molecule has 0 saturated carbocycles. The minimum atomic E-state index is -2.55. The average Bonchev–Trinajstić information content (AvgIpc) is 2.94. The van der Waals surface area contributed by atoms with E-state index in [1.807, 2.05) is 35.2 Å². The maximum Gasteiger partial charge on any atom is 0.405 e. The monoisotopic (exact) mass is 336 g/mol. The summed E-state index contributed by atoms with van der Waals surface area (Å²) >= 11 is 0. The summed E-state index contributed by atoms with van der Waals surface area (Å²) in [7, 11) is 0. The number of halogens is 2. The second-order valence-corrected chi connectivity index (χ2v) is 5.69. The first-order valence-electron chi connectivity index (χ1n) is 7.67. The first-order chi connectivity index (χ1) is 11.5. The summed E-state index contributed by atoms with van der Waals surface area (Å²) in [6.45, 7) is 0.688. The van der Waals surface area contributed by atoms with Gasteiger partial charge in [0.05, 0.1) is 23.6 Å². The van der Waals surface area contributed by atoms with Crippen molar-refractivity contribution in [1.82, 2.24) is 15.1 Å². The number of nitrogens with zero attached hydrogens (tertiary/aromatic N) is 3. The number of anilines is 1. The summed E-state index contributed by atoms with van der Waals surface area (Å²) in [5.74, 6) is 0. The van der Waals surface area contributed by atoms with Crippen LogP contribution in [-0.2, 0) is 13.1 Å². The van der Waals surface area contributed by atoms with Gasteiger partial charge in [0, 0.05) is 13.1 Å². The van der Waals surface area contributed by atoms with Crippen LogP contribution >= 0.6 is 0 Å². The molecule has 128 valence electrons. The fraction of sp³-hybridized carbons (Fsp3) is 0.375. The summed E-state index contributed by atoms with van der Waals surface area (Å²) in [5, 5.41) is 15.5. The Morgan fingerprint density at radius 3 is 2.79 bits per heavy atom. The molecule has 1 aliphatic rings. The number of amides is 1. The van der Waals surface area contributed by atoms with Crippen LogP contribution in [0.25, 0.3) is 0 Å². The molecule has 0 spiro atoms. The highest BCUT2D eigenvalue weighted by molar-refractivity contribution is 5.66. The Morgan fingerprint density at radius 2 is 2.12 bits per heavy atom. The van der Waals surface area contributed by atoms with E-state index < -0.39 is 25.1 Å². The highest BCUT2D eigenvalue weighted by Gasteiger charge is 2.31. The van der Waals surface area contributed by atoms with E-state index in [9.17, 15) is 13.6 Å². The van der Waals surface area contributed by atoms with Crippen molar-refractivity contribution in [1.29, 1.82) is 0 Å². The molecule has 1 aromatic heterocycles. The van der Waals surface area contributed by atoms with E-state index >= 15 is 0 Å². The molecular formula is C16H18F2N4O2. The summed E-state index contributed by atoms with van der Waals surface area (Å²) < 4.78 is 26.8. The number of alkyl halides is 2. The molecule has 0 aliphatic carbocycles. The molecule has 1 aromatic carbocycles. The van der Waals surface area contributed by atoms with Crippen molar-refractivity contribution in [3.05, 3.63) is 47.8 Å². The molecule has 1 atom stereocenters. The van der Waals surface area contributed by atoms with E-state index in [0.29, 0.717) is 30.9 Å². The SMILES string of the molecule is O=C(O)NC1CCN(Cc2ccccc2)c2cnn(CC(F)F)c21. The number of carbonyl (C=O) groups is 1. The molecule has 0 fully saturated rings. The van der Waals surface area contributed by atoms with Gasteiger partial charge in [-0.3, -0.25) is 4.68 Å². The van der Waals surface area contributed by atoms with Gasteiger partial charge < -0.3 is 15.3 Å². The van der Waals surface area contributed by atoms with Gasteiger partial charge in [0.1, 0.15) is 6.54 Å². The van der Waals surface area contributed by atoms with Crippen LogP contribution in [0.3, 0.4) is 0 Å². The van der Waals surface area contributed by atoms with Crippen molar-refractivity contribution in [2.75, 3.05) is 11.4 Å². The Morgan fingerprint density at radius 1 is 1.38 bits per heavy atom. The molecule has 0 radical (unpaired) electrons. The van der Waals surface area contributed by atoms with Crippen molar-refractivity contribution < 1.29 is 18.7 Å². The number of hydrogen-bond donors (Lipinski definition) is 2. The Balaban J connectivity index is 1.90. The molecule has 2 heterocycles. The fourth-order valence-corrected chi connectivity index (χ4v) is 3.06. The highest BCUT2D eigenvalue weighted by atomic mass is 19.3. The molecule has 8 heteroatoms. The largest absolute Gasteiger partial charge is 0.465 e. The second-order valence-electron chi connectivity index (χ2n) is 5.69. The zero-order valence-corrected chi connectivity index (χ0v) is 12.9. The lowest BCUT2D eigenvalue weighted by atomic mass is 10.0. The molecule has 3 rings (SSSR count). The van der Waals surface area contributed by atoms with Crippen molar-refractivity contribution >= 4 is 11.8 Å². The highest BCUT2D eigenvalue weighted by Crippen LogP contribution is 2.35. The lowest BCUT2D eigenvalue weighted by molar-refractivity contribution is 0.119. The summed E-state index contributed by atoms with van der Waals surface area (Å²) in [4.78, 5) is 13.0. The number of fused-ring (bicyclic) bond motifs is 1. The summed E-state index contributed by atoms with van der Waals surface area (Å²) in [6.07, 6.45) is -1.69. The van der Waals surface area contributed by atoms with Crippen LogP contribution in [0, 0.1) is 0 Å². The smallest absolute Gasteiger partial charge is 0.405 e. The second kappa shape index (κ2) is 6.86. The minimum Gasteiger partial charge on any atom is -0.465 e. The van der Waals surface area contributed by atoms with Crippen molar-refractivity contribution in [3.8, 4) is 0 Å². The van der Waals surface area contributed by atoms with Gasteiger partial charge in [0.2, 0.25) is 0 Å². The van der Waals surface area contributed by atoms with Crippen LogP contribution in [0.1, 0.15) is 23.7 Å². The molecule has 2 aromatic rings. The zero-order chi connectivity index (χ0) is 17.1. The average molecular weight is 336 g/mol. The Kier molecular flexibility index (Phi) is 4.64. The van der Waals surface area contributed by atoms with Crippen LogP contribution < -0.4 is 10.2 Å². The predicted molar refractivity (Wildman–Crippen MR) is 84.2 cm³/mol. The number of carboxylic acid groups (broad SMARTS) is 1. The van der Waals surface area contributed by atoms with Gasteiger partial charge >= 0.3 is 6.09 Å². The molecular weight excluding hydrogens is 318 g/mol. The Bertz CT molecular complexity index is 705. The van der Waals surface area contributed by atoms with Crippen LogP contribution in [-0.4, -0.2) is 34.0 Å². The fourth-order valence-electron chi connectivity index (χ4n) is 3.06. The van der Waals surface area contributed by atoms with Gasteiger partial charge in [-0.1, -0.05) is 30.3 Å². The van der Waals surface area contributed by atoms with E-state index in [1.165, 1.54) is 10.9 Å². The molecule has 1 aliphatic heterocycles. The molecule has 0 saturated heterocycles. The van der Waals surface area contributed by atoms with E-state index in [0.717, 1.165) is 5.56 Å². The van der Waals surface area contributed by atoms with E-state index in [1.54, 1.807) is 0 Å². The molecule has 1 amide bonds. The number of nitrogens with one attached hydrogen (secondary N) is 1. The third-order valence-corrected chi connectivity index (χ3v) is 4.04. The quantitative estimate of drug-likeness (QED) is 0.881. The van der Waals surface area contributed by atoms with Gasteiger partial charge in [-0.15, -0.1) is 0 Å². The van der Waals surface area contributed by atoms with Crippen LogP contribution in [0.4, 0.5) is 19.3 Å². The maximum absolute atomic E-state index is 12.8. The lowest BCUT2D eigenvalue weighted by Crippen LogP contribution is -2.38. The van der Waals surface area contributed by atoms with Crippen LogP contribution in [0.15, 0.2) is 36.5 Å². The molecule has 0 bridgehead atoms. The van der Waals surface area contributed by atoms with Crippen molar-refractivity contribution in [3.63, 3.8) is 0 Å². The predicted octanol–water partition coefficient (Wildman–Crippen LogP) is 2.87. The molecule has 1 unspecified atom stereocenters. The standard InChI is InChI=1S/C16H18F2N4O2/c17-14(18)10-22-15-12(20-16(23)24)6-7-21(13(15)8-19-22)9-11-4-2-1-3-5-11/h1-5,8,12,14,20H,6-7,9-10H2,(H,23,24). The van der Waals surface area contributed by atoms with Gasteiger partial charge in [-0.2, -0.15) is 5.10 Å². The third kappa shape index (κ3) is 3.47. The molecule has 24 heavy (non-hydrogen) atoms. The van der Waals surface area contributed by atoms with Gasteiger partial charge in [0.25, 0.3) is 6.43 Å². The van der Waals surface area contributed by atoms with Crippen LogP contribution in [0.2, 0.25) is 0 Å². The lowest BCUT2D eigenvalue weighted by Gasteiger charge is -2.33. The van der Waals surface area contributed by atoms with Gasteiger partial charge in [-0.25, -0.2) is 13.6 Å². The van der Waals surface area contributed by atoms with Crippen molar-refractivity contribution in [2.24, 2.45) is 0 Å². The number of benzene rings is 1. The summed E-state index contributed by atoms with van der Waals surface area (Å²) in [5.41, 5.74) is 2.29. The van der Waals surface area contributed by atoms with E-state index in [4.69, 9.17) is 5.11 Å². The van der Waals surface area contributed by atoms with E-state index in [-0.39, 0.29) is 0 Å². The van der Waals surface area contributed by atoms with Gasteiger partial charge in [0.15, 0.2) is 0 Å². The molecule has 6 nitrogen and oxygen atoms in total. The molecule has 2 N–H and O–H groups in total. The number of aromatic nitrogens is 2. The third-order valence-electron chi connectivity index (χ3n) is 4.04. The van der Waals surface area contributed by atoms with Crippen molar-refractivity contribution in [2.45, 2.75) is 32.0 Å². The minimum absolute atomic E-state index is 0.500. The Labute approximate surface area is 137 Å². The van der Waals surface area contributed by atoms with Gasteiger partial charge in [-0.05, 0) is 12.0 Å². The van der Waals surface area contributed by atoms with Crippen LogP contribution in [0.5, 0.6) is 0 Å². The topological polar surface area (TPSA) is 70.4 Å². The maximum atomic E-state index is 12.8. The normalized spacial score (nSPS) is 17.0. The zero-order valence-electron chi connectivity index (χ0n) is 12.9. The summed E-state index contributed by atoms with van der Waals surface area (Å²) in [6, 6.07) is 9.25. The first kappa shape index (κ1) is 16.2. The number of rotatable bonds is 5. The first-order valence-corrected chi connectivity index (χ1v) is 7.67. The van der Waals surface area contributed by atoms with E-state index in [2.05, 4.69) is 10.4 Å². The number of hydrogen-bond acceptors (Lipinski definition) is 3. The Hall–Kier alpha value is -2.64.